The number of aromatic nitrogens is 1. The Kier molecular flexibility index (Phi) is 4.74. The van der Waals surface area contributed by atoms with Crippen LogP contribution in [0.3, 0.4) is 0 Å². The van der Waals surface area contributed by atoms with E-state index in [2.05, 4.69) is 11.4 Å². The number of rotatable bonds is 5. The van der Waals surface area contributed by atoms with Crippen molar-refractivity contribution in [3.05, 3.63) is 50.6 Å². The molecule has 20 heavy (non-hydrogen) atoms. The van der Waals surface area contributed by atoms with Crippen LogP contribution in [0.15, 0.2) is 34.6 Å². The molecule has 0 spiro atoms. The molecule has 0 fully saturated rings. The lowest BCUT2D eigenvalue weighted by Crippen LogP contribution is -2.19. The summed E-state index contributed by atoms with van der Waals surface area (Å²) in [6.45, 7) is 1.82. The number of thiophene rings is 1. The summed E-state index contributed by atoms with van der Waals surface area (Å²) >= 11 is 1.71. The molecule has 106 valence electrons. The summed E-state index contributed by atoms with van der Waals surface area (Å²) in [5.74, 6) is -0.0108. The molecular weight excluding hydrogens is 272 g/mol. The molecule has 2 aromatic rings. The van der Waals surface area contributed by atoms with Gasteiger partial charge >= 0.3 is 0 Å². The van der Waals surface area contributed by atoms with Crippen LogP contribution in [0.4, 0.5) is 5.69 Å². The molecule has 1 N–H and O–H groups in total. The molecule has 1 amide bonds. The molecule has 4 nitrogen and oxygen atoms in total. The highest BCUT2D eigenvalue weighted by Crippen LogP contribution is 2.14. The third kappa shape index (κ3) is 3.81. The van der Waals surface area contributed by atoms with Crippen LogP contribution >= 0.6 is 11.3 Å². The monoisotopic (exact) mass is 290 g/mol. The number of nitrogens with one attached hydrogen (secondary N) is 1. The van der Waals surface area contributed by atoms with Gasteiger partial charge in [0.1, 0.15) is 0 Å². The quantitative estimate of drug-likeness (QED) is 0.920. The van der Waals surface area contributed by atoms with E-state index in [0.717, 1.165) is 18.4 Å². The van der Waals surface area contributed by atoms with Crippen molar-refractivity contribution in [3.63, 3.8) is 0 Å². The second-order valence-electron chi connectivity index (χ2n) is 4.80. The zero-order chi connectivity index (χ0) is 14.5. The van der Waals surface area contributed by atoms with E-state index in [0.29, 0.717) is 12.1 Å². The molecule has 0 aliphatic carbocycles. The van der Waals surface area contributed by atoms with E-state index < -0.39 is 0 Å². The predicted molar refractivity (Wildman–Crippen MR) is 82.3 cm³/mol. The van der Waals surface area contributed by atoms with Gasteiger partial charge < -0.3 is 9.88 Å². The Morgan fingerprint density at radius 1 is 1.45 bits per heavy atom. The largest absolute Gasteiger partial charge is 0.325 e. The summed E-state index contributed by atoms with van der Waals surface area (Å²) in [6, 6.07) is 5.63. The van der Waals surface area contributed by atoms with E-state index in [1.165, 1.54) is 15.5 Å². The maximum Gasteiger partial charge on any atom is 0.250 e. The minimum Gasteiger partial charge on any atom is -0.325 e. The van der Waals surface area contributed by atoms with E-state index in [1.54, 1.807) is 24.6 Å². The Bertz CT molecular complexity index is 644. The number of nitrogens with zero attached hydrogens (tertiary/aromatic N) is 1. The summed E-state index contributed by atoms with van der Waals surface area (Å²) in [7, 11) is 1.67. The van der Waals surface area contributed by atoms with E-state index in [9.17, 15) is 9.59 Å². The Balaban J connectivity index is 1.88. The lowest BCUT2D eigenvalue weighted by Gasteiger charge is -2.09. The van der Waals surface area contributed by atoms with Gasteiger partial charge in [0.05, 0.1) is 5.69 Å². The third-order valence-electron chi connectivity index (χ3n) is 3.12. The number of anilines is 1. The summed E-state index contributed by atoms with van der Waals surface area (Å²) < 4.78 is 1.47. The van der Waals surface area contributed by atoms with Gasteiger partial charge in [-0.15, -0.1) is 11.3 Å². The van der Waals surface area contributed by atoms with Crippen molar-refractivity contribution in [1.29, 1.82) is 0 Å². The SMILES string of the molecule is Cc1cc(=O)n(C)cc1NC(=O)CCCc1cccs1. The maximum atomic E-state index is 11.9. The minimum atomic E-state index is -0.0711. The topological polar surface area (TPSA) is 51.1 Å². The minimum absolute atomic E-state index is 0.0108. The molecule has 2 rings (SSSR count). The highest BCUT2D eigenvalue weighted by molar-refractivity contribution is 7.09. The lowest BCUT2D eigenvalue weighted by atomic mass is 10.2. The van der Waals surface area contributed by atoms with Crippen LogP contribution in [-0.2, 0) is 18.3 Å². The predicted octanol–water partition coefficient (Wildman–Crippen LogP) is 2.72. The number of pyridine rings is 1. The Morgan fingerprint density at radius 2 is 2.25 bits per heavy atom. The molecule has 0 saturated heterocycles. The molecule has 0 aromatic carbocycles. The van der Waals surface area contributed by atoms with Gasteiger partial charge in [-0.2, -0.15) is 0 Å². The van der Waals surface area contributed by atoms with Crippen molar-refractivity contribution in [3.8, 4) is 0 Å². The second-order valence-corrected chi connectivity index (χ2v) is 5.83. The van der Waals surface area contributed by atoms with Crippen molar-refractivity contribution < 1.29 is 4.79 Å². The van der Waals surface area contributed by atoms with Crippen LogP contribution in [0.25, 0.3) is 0 Å². The van der Waals surface area contributed by atoms with Gasteiger partial charge in [0.25, 0.3) is 5.56 Å². The first kappa shape index (κ1) is 14.5. The van der Waals surface area contributed by atoms with E-state index in [1.807, 2.05) is 18.4 Å². The van der Waals surface area contributed by atoms with Crippen molar-refractivity contribution in [2.45, 2.75) is 26.2 Å². The van der Waals surface area contributed by atoms with Crippen LogP contribution in [0.5, 0.6) is 0 Å². The average molecular weight is 290 g/mol. The summed E-state index contributed by atoms with van der Waals surface area (Å²) in [4.78, 5) is 24.6. The zero-order valence-corrected chi connectivity index (χ0v) is 12.5. The molecule has 5 heteroatoms. The van der Waals surface area contributed by atoms with Crippen molar-refractivity contribution in [2.75, 3.05) is 5.32 Å². The maximum absolute atomic E-state index is 11.9. The molecule has 2 heterocycles. The summed E-state index contributed by atoms with van der Waals surface area (Å²) in [5.41, 5.74) is 1.42. The molecule has 0 aliphatic heterocycles. The molecule has 0 radical (unpaired) electrons. The van der Waals surface area contributed by atoms with Gasteiger partial charge in [-0.25, -0.2) is 0 Å². The lowest BCUT2D eigenvalue weighted by molar-refractivity contribution is -0.116. The normalized spacial score (nSPS) is 10.5. The van der Waals surface area contributed by atoms with Gasteiger partial charge in [-0.05, 0) is 36.8 Å². The summed E-state index contributed by atoms with van der Waals surface area (Å²) in [6.07, 6.45) is 3.91. The van der Waals surface area contributed by atoms with Gasteiger partial charge in [0.15, 0.2) is 0 Å². The molecule has 0 atom stereocenters. The zero-order valence-electron chi connectivity index (χ0n) is 11.7. The highest BCUT2D eigenvalue weighted by Gasteiger charge is 2.06. The van der Waals surface area contributed by atoms with Crippen molar-refractivity contribution in [1.82, 2.24) is 4.57 Å². The second kappa shape index (κ2) is 6.52. The average Bonchev–Trinajstić information content (AvgIpc) is 2.89. The Hall–Kier alpha value is -1.88. The highest BCUT2D eigenvalue weighted by atomic mass is 32.1. The molecule has 0 bridgehead atoms. The molecule has 0 saturated carbocycles. The number of amides is 1. The molecule has 0 aliphatic rings. The van der Waals surface area contributed by atoms with E-state index in [4.69, 9.17) is 0 Å². The molecule has 0 unspecified atom stereocenters. The summed E-state index contributed by atoms with van der Waals surface area (Å²) in [5, 5.41) is 4.91. The van der Waals surface area contributed by atoms with E-state index in [-0.39, 0.29) is 11.5 Å². The van der Waals surface area contributed by atoms with Crippen LogP contribution in [-0.4, -0.2) is 10.5 Å². The van der Waals surface area contributed by atoms with E-state index >= 15 is 0 Å². The van der Waals surface area contributed by atoms with Crippen LogP contribution in [0, 0.1) is 6.92 Å². The third-order valence-corrected chi connectivity index (χ3v) is 4.05. The Morgan fingerprint density at radius 3 is 2.95 bits per heavy atom. The standard InChI is InChI=1S/C15H18N2O2S/c1-11-9-15(19)17(2)10-13(11)16-14(18)7-3-5-12-6-4-8-20-12/h4,6,8-10H,3,5,7H2,1-2H3,(H,16,18). The van der Waals surface area contributed by atoms with Gasteiger partial charge in [-0.3, -0.25) is 9.59 Å². The van der Waals surface area contributed by atoms with Crippen molar-refractivity contribution in [2.24, 2.45) is 7.05 Å². The fourth-order valence-electron chi connectivity index (χ4n) is 1.95. The molecular formula is C15H18N2O2S. The number of carbonyl (C=O) groups is 1. The number of carbonyl (C=O) groups excluding carboxylic acids is 1. The number of hydrogen-bond acceptors (Lipinski definition) is 3. The smallest absolute Gasteiger partial charge is 0.250 e. The van der Waals surface area contributed by atoms with Gasteiger partial charge in [0, 0.05) is 30.6 Å². The Labute approximate surface area is 122 Å². The molecule has 2 aromatic heterocycles. The first-order valence-corrected chi connectivity index (χ1v) is 7.44. The van der Waals surface area contributed by atoms with Gasteiger partial charge in [-0.1, -0.05) is 6.07 Å². The van der Waals surface area contributed by atoms with Crippen LogP contribution in [0.2, 0.25) is 0 Å². The number of aryl methyl sites for hydroxylation is 3. The fourth-order valence-corrected chi connectivity index (χ4v) is 2.70. The number of hydrogen-bond donors (Lipinski definition) is 1. The van der Waals surface area contributed by atoms with Crippen molar-refractivity contribution >= 4 is 22.9 Å². The van der Waals surface area contributed by atoms with Crippen LogP contribution in [0.1, 0.15) is 23.3 Å². The fraction of sp³-hybridized carbons (Fsp3) is 0.333. The van der Waals surface area contributed by atoms with Crippen LogP contribution < -0.4 is 10.9 Å². The first-order chi connectivity index (χ1) is 9.56. The first-order valence-electron chi connectivity index (χ1n) is 6.56. The van der Waals surface area contributed by atoms with Gasteiger partial charge in [0.2, 0.25) is 5.91 Å².